The Bertz CT molecular complexity index is 258. The SMILES string of the molecule is CN(C)C(NN)c1ccc(F)cc1. The number of nitrogens with zero attached hydrogens (tertiary/aromatic N) is 1. The van der Waals surface area contributed by atoms with Crippen LogP contribution in [0.1, 0.15) is 11.7 Å². The summed E-state index contributed by atoms with van der Waals surface area (Å²) >= 11 is 0. The highest BCUT2D eigenvalue weighted by molar-refractivity contribution is 5.19. The number of nitrogens with two attached hydrogens (primary N) is 1. The van der Waals surface area contributed by atoms with E-state index >= 15 is 0 Å². The predicted octanol–water partition coefficient (Wildman–Crippen LogP) is 0.849. The highest BCUT2D eigenvalue weighted by Crippen LogP contribution is 2.14. The summed E-state index contributed by atoms with van der Waals surface area (Å²) < 4.78 is 12.6. The van der Waals surface area contributed by atoms with Gasteiger partial charge in [-0.25, -0.2) is 9.82 Å². The van der Waals surface area contributed by atoms with Crippen LogP contribution in [-0.4, -0.2) is 19.0 Å². The molecule has 72 valence electrons. The molecule has 1 atom stereocenters. The molecule has 0 radical (unpaired) electrons. The van der Waals surface area contributed by atoms with E-state index in [9.17, 15) is 4.39 Å². The van der Waals surface area contributed by atoms with Gasteiger partial charge in [0.1, 0.15) is 5.82 Å². The van der Waals surface area contributed by atoms with Crippen molar-refractivity contribution >= 4 is 0 Å². The lowest BCUT2D eigenvalue weighted by atomic mass is 10.1. The van der Waals surface area contributed by atoms with Crippen LogP contribution in [-0.2, 0) is 0 Å². The molecule has 1 aromatic rings. The van der Waals surface area contributed by atoms with Gasteiger partial charge in [0.2, 0.25) is 0 Å². The summed E-state index contributed by atoms with van der Waals surface area (Å²) in [5.74, 6) is 5.12. The lowest BCUT2D eigenvalue weighted by Gasteiger charge is -2.23. The Morgan fingerprint density at radius 2 is 1.85 bits per heavy atom. The van der Waals surface area contributed by atoms with Crippen LogP contribution in [0.5, 0.6) is 0 Å². The van der Waals surface area contributed by atoms with Gasteiger partial charge in [0.05, 0.1) is 6.17 Å². The minimum Gasteiger partial charge on any atom is -0.289 e. The van der Waals surface area contributed by atoms with Crippen LogP contribution in [0.2, 0.25) is 0 Å². The molecule has 0 aliphatic rings. The molecular weight excluding hydrogens is 169 g/mol. The van der Waals surface area contributed by atoms with Crippen LogP contribution in [0, 0.1) is 5.82 Å². The second-order valence-corrected chi connectivity index (χ2v) is 3.08. The van der Waals surface area contributed by atoms with E-state index in [1.807, 2.05) is 19.0 Å². The van der Waals surface area contributed by atoms with Gasteiger partial charge >= 0.3 is 0 Å². The third kappa shape index (κ3) is 2.48. The minimum atomic E-state index is -0.238. The number of hydrogen-bond acceptors (Lipinski definition) is 3. The van der Waals surface area contributed by atoms with Gasteiger partial charge in [-0.05, 0) is 31.8 Å². The van der Waals surface area contributed by atoms with Crippen LogP contribution in [0.4, 0.5) is 4.39 Å². The molecule has 0 fully saturated rings. The quantitative estimate of drug-likeness (QED) is 0.414. The molecule has 3 nitrogen and oxygen atoms in total. The van der Waals surface area contributed by atoms with E-state index in [4.69, 9.17) is 5.84 Å². The predicted molar refractivity (Wildman–Crippen MR) is 50.2 cm³/mol. The van der Waals surface area contributed by atoms with Crippen LogP contribution in [0.3, 0.4) is 0 Å². The van der Waals surface area contributed by atoms with Crippen molar-refractivity contribution < 1.29 is 4.39 Å². The first-order valence-electron chi connectivity index (χ1n) is 4.03. The average Bonchev–Trinajstić information content (AvgIpc) is 2.09. The highest BCUT2D eigenvalue weighted by atomic mass is 19.1. The fourth-order valence-electron chi connectivity index (χ4n) is 1.19. The van der Waals surface area contributed by atoms with Crippen molar-refractivity contribution in [1.29, 1.82) is 0 Å². The lowest BCUT2D eigenvalue weighted by Crippen LogP contribution is -2.37. The third-order valence-electron chi connectivity index (χ3n) is 1.86. The first kappa shape index (κ1) is 10.1. The van der Waals surface area contributed by atoms with E-state index in [1.165, 1.54) is 12.1 Å². The summed E-state index contributed by atoms with van der Waals surface area (Å²) in [4.78, 5) is 1.91. The van der Waals surface area contributed by atoms with Gasteiger partial charge in [0.15, 0.2) is 0 Å². The van der Waals surface area contributed by atoms with Crippen LogP contribution in [0.15, 0.2) is 24.3 Å². The zero-order valence-electron chi connectivity index (χ0n) is 7.79. The molecule has 1 aromatic carbocycles. The molecule has 1 rings (SSSR count). The van der Waals surface area contributed by atoms with Crippen molar-refractivity contribution in [3.63, 3.8) is 0 Å². The molecular formula is C9H14FN3. The minimum absolute atomic E-state index is 0.0828. The van der Waals surface area contributed by atoms with E-state index in [1.54, 1.807) is 12.1 Å². The summed E-state index contributed by atoms with van der Waals surface area (Å²) in [5, 5.41) is 0. The van der Waals surface area contributed by atoms with Crippen LogP contribution in [0.25, 0.3) is 0 Å². The molecule has 0 saturated carbocycles. The van der Waals surface area contributed by atoms with E-state index in [0.717, 1.165) is 5.56 Å². The fraction of sp³-hybridized carbons (Fsp3) is 0.333. The molecule has 13 heavy (non-hydrogen) atoms. The summed E-state index contributed by atoms with van der Waals surface area (Å²) in [6.07, 6.45) is -0.0828. The molecule has 0 aliphatic carbocycles. The molecule has 3 N–H and O–H groups in total. The number of nitrogens with one attached hydrogen (secondary N) is 1. The Balaban J connectivity index is 2.86. The fourth-order valence-corrected chi connectivity index (χ4v) is 1.19. The molecule has 4 heteroatoms. The van der Waals surface area contributed by atoms with Crippen molar-refractivity contribution in [2.75, 3.05) is 14.1 Å². The normalized spacial score (nSPS) is 13.3. The Morgan fingerprint density at radius 1 is 1.31 bits per heavy atom. The second-order valence-electron chi connectivity index (χ2n) is 3.08. The summed E-state index contributed by atoms with van der Waals surface area (Å²) in [6.45, 7) is 0. The Morgan fingerprint density at radius 3 is 2.23 bits per heavy atom. The third-order valence-corrected chi connectivity index (χ3v) is 1.86. The van der Waals surface area contributed by atoms with Gasteiger partial charge in [-0.15, -0.1) is 0 Å². The average molecular weight is 183 g/mol. The maximum absolute atomic E-state index is 12.6. The van der Waals surface area contributed by atoms with Crippen molar-refractivity contribution in [3.05, 3.63) is 35.6 Å². The molecule has 0 heterocycles. The van der Waals surface area contributed by atoms with Crippen molar-refractivity contribution in [1.82, 2.24) is 10.3 Å². The van der Waals surface area contributed by atoms with Crippen molar-refractivity contribution in [3.8, 4) is 0 Å². The number of hydrazine groups is 1. The van der Waals surface area contributed by atoms with E-state index in [-0.39, 0.29) is 12.0 Å². The standard InChI is InChI=1S/C9H14FN3/c1-13(2)9(12-11)7-3-5-8(10)6-4-7/h3-6,9,12H,11H2,1-2H3. The van der Waals surface area contributed by atoms with Gasteiger partial charge in [0.25, 0.3) is 0 Å². The Kier molecular flexibility index (Phi) is 3.36. The van der Waals surface area contributed by atoms with E-state index < -0.39 is 0 Å². The maximum Gasteiger partial charge on any atom is 0.123 e. The number of halogens is 1. The monoisotopic (exact) mass is 183 g/mol. The molecule has 0 aliphatic heterocycles. The van der Waals surface area contributed by atoms with Crippen LogP contribution >= 0.6 is 0 Å². The molecule has 0 spiro atoms. The van der Waals surface area contributed by atoms with Gasteiger partial charge in [-0.2, -0.15) is 0 Å². The molecule has 0 aromatic heterocycles. The van der Waals surface area contributed by atoms with Gasteiger partial charge < -0.3 is 0 Å². The van der Waals surface area contributed by atoms with E-state index in [0.29, 0.717) is 0 Å². The summed E-state index contributed by atoms with van der Waals surface area (Å²) in [5.41, 5.74) is 3.58. The summed E-state index contributed by atoms with van der Waals surface area (Å²) in [7, 11) is 3.79. The smallest absolute Gasteiger partial charge is 0.123 e. The maximum atomic E-state index is 12.6. The first-order valence-corrected chi connectivity index (χ1v) is 4.03. The van der Waals surface area contributed by atoms with Crippen molar-refractivity contribution in [2.45, 2.75) is 6.17 Å². The second kappa shape index (κ2) is 4.32. The van der Waals surface area contributed by atoms with Crippen molar-refractivity contribution in [2.24, 2.45) is 5.84 Å². The molecule has 0 bridgehead atoms. The zero-order chi connectivity index (χ0) is 9.84. The zero-order valence-corrected chi connectivity index (χ0v) is 7.79. The van der Waals surface area contributed by atoms with Gasteiger partial charge in [-0.1, -0.05) is 12.1 Å². The Hall–Kier alpha value is -0.970. The lowest BCUT2D eigenvalue weighted by molar-refractivity contribution is 0.253. The first-order chi connectivity index (χ1) is 6.15. The molecule has 0 amide bonds. The molecule has 0 saturated heterocycles. The van der Waals surface area contributed by atoms with Gasteiger partial charge in [-0.3, -0.25) is 10.7 Å². The topological polar surface area (TPSA) is 41.3 Å². The largest absolute Gasteiger partial charge is 0.289 e. The number of hydrogen-bond donors (Lipinski definition) is 2. The highest BCUT2D eigenvalue weighted by Gasteiger charge is 2.10. The van der Waals surface area contributed by atoms with E-state index in [2.05, 4.69) is 5.43 Å². The number of benzene rings is 1. The number of rotatable bonds is 3. The Labute approximate surface area is 77.3 Å². The van der Waals surface area contributed by atoms with Crippen LogP contribution < -0.4 is 11.3 Å². The molecule has 1 unspecified atom stereocenters. The van der Waals surface area contributed by atoms with Gasteiger partial charge in [0, 0.05) is 0 Å². The summed E-state index contributed by atoms with van der Waals surface area (Å²) in [6, 6.07) is 6.26.